The summed E-state index contributed by atoms with van der Waals surface area (Å²) < 4.78 is 5.08. The highest BCUT2D eigenvalue weighted by Gasteiger charge is 2.60. The highest BCUT2D eigenvalue weighted by molar-refractivity contribution is 6.07. The van der Waals surface area contributed by atoms with Gasteiger partial charge < -0.3 is 10.1 Å². The SMILES string of the molecule is COC(=O)C1=CCC(C)[C@H]2CN3CC[C@@]4(C(=O)Nc5ccccc54)[C@@H]3C[C@H]12. The van der Waals surface area contributed by atoms with Gasteiger partial charge in [0.15, 0.2) is 0 Å². The molecule has 0 radical (unpaired) electrons. The average Bonchev–Trinajstić information content (AvgIpc) is 3.20. The van der Waals surface area contributed by atoms with Gasteiger partial charge in [0.05, 0.1) is 12.5 Å². The number of amides is 1. The smallest absolute Gasteiger partial charge is 0.333 e. The predicted octanol–water partition coefficient (Wildman–Crippen LogP) is 2.73. The van der Waals surface area contributed by atoms with Crippen molar-refractivity contribution in [2.75, 3.05) is 25.5 Å². The molecule has 27 heavy (non-hydrogen) atoms. The molecule has 0 aromatic heterocycles. The lowest BCUT2D eigenvalue weighted by atomic mass is 9.63. The fraction of sp³-hybridized carbons (Fsp3) is 0.545. The van der Waals surface area contributed by atoms with E-state index in [2.05, 4.69) is 29.3 Å². The molecule has 5 nitrogen and oxygen atoms in total. The Morgan fingerprint density at radius 3 is 2.96 bits per heavy atom. The molecule has 5 heteroatoms. The van der Waals surface area contributed by atoms with Gasteiger partial charge in [-0.15, -0.1) is 0 Å². The first-order chi connectivity index (χ1) is 13.1. The van der Waals surface area contributed by atoms with Crippen LogP contribution in [0.5, 0.6) is 0 Å². The Kier molecular flexibility index (Phi) is 3.73. The highest BCUT2D eigenvalue weighted by Crippen LogP contribution is 2.54. The number of nitrogens with zero attached hydrogens (tertiary/aromatic N) is 1. The van der Waals surface area contributed by atoms with Gasteiger partial charge in [-0.05, 0) is 55.2 Å². The number of para-hydroxylation sites is 1. The van der Waals surface area contributed by atoms with Crippen LogP contribution in [0.3, 0.4) is 0 Å². The quantitative estimate of drug-likeness (QED) is 0.777. The fourth-order valence-corrected chi connectivity index (χ4v) is 6.18. The summed E-state index contributed by atoms with van der Waals surface area (Å²) in [5, 5.41) is 3.12. The molecule has 142 valence electrons. The topological polar surface area (TPSA) is 58.6 Å². The van der Waals surface area contributed by atoms with E-state index in [0.29, 0.717) is 11.8 Å². The standard InChI is InChI=1S/C22H26N2O3/c1-13-7-8-14(20(25)27-2)15-11-19-22(9-10-24(19)12-16(13)15)17-5-3-4-6-18(17)23-21(22)26/h3-6,8,13,15-16,19H,7,9-12H2,1-2H3,(H,23,26)/t13?,15-,16-,19+,22+/m1/s1. The number of fused-ring (bicyclic) bond motifs is 5. The van der Waals surface area contributed by atoms with E-state index in [1.54, 1.807) is 0 Å². The maximum atomic E-state index is 13.2. The van der Waals surface area contributed by atoms with Crippen molar-refractivity contribution in [3.8, 4) is 0 Å². The first-order valence-corrected chi connectivity index (χ1v) is 9.99. The number of carbonyl (C=O) groups is 2. The van der Waals surface area contributed by atoms with Gasteiger partial charge in [0.1, 0.15) is 0 Å². The van der Waals surface area contributed by atoms with Crippen molar-refractivity contribution >= 4 is 17.6 Å². The van der Waals surface area contributed by atoms with E-state index in [-0.39, 0.29) is 23.8 Å². The molecule has 3 aliphatic heterocycles. The van der Waals surface area contributed by atoms with Crippen LogP contribution in [0.25, 0.3) is 0 Å². The summed E-state index contributed by atoms with van der Waals surface area (Å²) in [6.07, 6.45) is 4.71. The molecule has 0 saturated carbocycles. The van der Waals surface area contributed by atoms with E-state index in [9.17, 15) is 9.59 Å². The van der Waals surface area contributed by atoms with Crippen LogP contribution in [0, 0.1) is 17.8 Å². The molecule has 5 rings (SSSR count). The summed E-state index contributed by atoms with van der Waals surface area (Å²) in [5.41, 5.74) is 2.43. The lowest BCUT2D eigenvalue weighted by Crippen LogP contribution is -2.55. The Labute approximate surface area is 159 Å². The minimum atomic E-state index is -0.483. The number of esters is 1. The molecule has 1 spiro atoms. The zero-order chi connectivity index (χ0) is 18.8. The predicted molar refractivity (Wildman–Crippen MR) is 102 cm³/mol. The van der Waals surface area contributed by atoms with Crippen molar-refractivity contribution in [3.63, 3.8) is 0 Å². The Morgan fingerprint density at radius 1 is 1.33 bits per heavy atom. The molecule has 3 heterocycles. The van der Waals surface area contributed by atoms with Crippen molar-refractivity contribution in [2.24, 2.45) is 17.8 Å². The van der Waals surface area contributed by atoms with Crippen LogP contribution in [-0.4, -0.2) is 43.0 Å². The molecule has 0 bridgehead atoms. The molecular weight excluding hydrogens is 340 g/mol. The fourth-order valence-electron chi connectivity index (χ4n) is 6.18. The van der Waals surface area contributed by atoms with Crippen LogP contribution >= 0.6 is 0 Å². The third kappa shape index (κ3) is 2.21. The number of anilines is 1. The summed E-state index contributed by atoms with van der Waals surface area (Å²) >= 11 is 0. The number of methoxy groups -OCH3 is 1. The number of nitrogens with one attached hydrogen (secondary N) is 1. The van der Waals surface area contributed by atoms with Crippen LogP contribution < -0.4 is 5.32 Å². The molecule has 4 aliphatic rings. The Morgan fingerprint density at radius 2 is 2.15 bits per heavy atom. The second kappa shape index (κ2) is 5.93. The van der Waals surface area contributed by atoms with Gasteiger partial charge in [-0.1, -0.05) is 31.2 Å². The van der Waals surface area contributed by atoms with Gasteiger partial charge >= 0.3 is 5.97 Å². The lowest BCUT2D eigenvalue weighted by Gasteiger charge is -2.48. The van der Waals surface area contributed by atoms with Gasteiger partial charge in [0.2, 0.25) is 5.91 Å². The summed E-state index contributed by atoms with van der Waals surface area (Å²) in [7, 11) is 1.46. The van der Waals surface area contributed by atoms with Crippen molar-refractivity contribution in [1.82, 2.24) is 4.90 Å². The molecule has 1 aliphatic carbocycles. The third-order valence-corrected chi connectivity index (χ3v) is 7.56. The maximum Gasteiger partial charge on any atom is 0.333 e. The van der Waals surface area contributed by atoms with E-state index in [4.69, 9.17) is 4.74 Å². The second-order valence-electron chi connectivity index (χ2n) is 8.60. The zero-order valence-corrected chi connectivity index (χ0v) is 15.9. The highest BCUT2D eigenvalue weighted by atomic mass is 16.5. The number of benzene rings is 1. The lowest BCUT2D eigenvalue weighted by molar-refractivity contribution is -0.137. The van der Waals surface area contributed by atoms with Crippen molar-refractivity contribution in [2.45, 2.75) is 37.6 Å². The largest absolute Gasteiger partial charge is 0.466 e. The molecule has 1 amide bonds. The van der Waals surface area contributed by atoms with Gasteiger partial charge in [-0.25, -0.2) is 4.79 Å². The van der Waals surface area contributed by atoms with Crippen molar-refractivity contribution < 1.29 is 14.3 Å². The van der Waals surface area contributed by atoms with Crippen molar-refractivity contribution in [3.05, 3.63) is 41.5 Å². The Balaban J connectivity index is 1.55. The van der Waals surface area contributed by atoms with E-state index in [1.165, 1.54) is 7.11 Å². The van der Waals surface area contributed by atoms with Gasteiger partial charge in [0.25, 0.3) is 0 Å². The normalized spacial score (nSPS) is 37.3. The van der Waals surface area contributed by atoms with Gasteiger partial charge in [0, 0.05) is 23.8 Å². The molecule has 1 aromatic carbocycles. The number of piperidine rings is 1. The first kappa shape index (κ1) is 17.0. The number of hydrogen-bond donors (Lipinski definition) is 1. The minimum Gasteiger partial charge on any atom is -0.466 e. The van der Waals surface area contributed by atoms with Crippen LogP contribution in [-0.2, 0) is 19.7 Å². The van der Waals surface area contributed by atoms with Gasteiger partial charge in [-0.2, -0.15) is 0 Å². The number of carbonyl (C=O) groups excluding carboxylic acids is 2. The minimum absolute atomic E-state index is 0.127. The van der Waals surface area contributed by atoms with E-state index < -0.39 is 5.41 Å². The second-order valence-corrected chi connectivity index (χ2v) is 8.60. The molecule has 1 aromatic rings. The monoisotopic (exact) mass is 366 g/mol. The average molecular weight is 366 g/mol. The summed E-state index contributed by atoms with van der Waals surface area (Å²) in [4.78, 5) is 28.1. The molecule has 5 atom stereocenters. The van der Waals surface area contributed by atoms with Crippen molar-refractivity contribution in [1.29, 1.82) is 0 Å². The van der Waals surface area contributed by atoms with Crippen LogP contribution in [0.1, 0.15) is 31.7 Å². The Bertz CT molecular complexity index is 848. The first-order valence-electron chi connectivity index (χ1n) is 9.99. The molecule has 1 unspecified atom stereocenters. The molecule has 1 N–H and O–H groups in total. The number of rotatable bonds is 1. The van der Waals surface area contributed by atoms with Crippen LogP contribution in [0.2, 0.25) is 0 Å². The molecule has 2 saturated heterocycles. The van der Waals surface area contributed by atoms with E-state index in [0.717, 1.165) is 49.2 Å². The number of hydrogen-bond acceptors (Lipinski definition) is 4. The summed E-state index contributed by atoms with van der Waals surface area (Å²) in [6.45, 7) is 4.19. The number of allylic oxidation sites excluding steroid dienone is 1. The molecule has 2 fully saturated rings. The summed E-state index contributed by atoms with van der Waals surface area (Å²) in [5.74, 6) is 1.11. The van der Waals surface area contributed by atoms with Gasteiger partial charge in [-0.3, -0.25) is 9.69 Å². The van der Waals surface area contributed by atoms with Crippen LogP contribution in [0.15, 0.2) is 35.9 Å². The third-order valence-electron chi connectivity index (χ3n) is 7.56. The maximum absolute atomic E-state index is 13.2. The Hall–Kier alpha value is -2.14. The van der Waals surface area contributed by atoms with Crippen LogP contribution in [0.4, 0.5) is 5.69 Å². The van der Waals surface area contributed by atoms with E-state index >= 15 is 0 Å². The van der Waals surface area contributed by atoms with E-state index in [1.807, 2.05) is 18.2 Å². The zero-order valence-electron chi connectivity index (χ0n) is 15.9. The summed E-state index contributed by atoms with van der Waals surface area (Å²) in [6, 6.07) is 8.24. The number of ether oxygens (including phenoxy) is 1. The molecular formula is C22H26N2O3.